The molecule has 0 saturated carbocycles. The van der Waals surface area contributed by atoms with Crippen LogP contribution in [-0.4, -0.2) is 7.05 Å². The van der Waals surface area contributed by atoms with Gasteiger partial charge in [-0.3, -0.25) is 0 Å². The Labute approximate surface area is 127 Å². The van der Waals surface area contributed by atoms with Crippen molar-refractivity contribution in [1.29, 1.82) is 0 Å². The third-order valence-corrected chi connectivity index (χ3v) is 3.51. The molecule has 0 spiro atoms. The molecule has 0 aromatic heterocycles. The van der Waals surface area contributed by atoms with Gasteiger partial charge in [-0.1, -0.05) is 17.7 Å². The van der Waals surface area contributed by atoms with Gasteiger partial charge in [0.2, 0.25) is 0 Å². The fourth-order valence-corrected chi connectivity index (χ4v) is 2.11. The molecule has 2 nitrogen and oxygen atoms in total. The highest BCUT2D eigenvalue weighted by Gasteiger charge is 2.10. The van der Waals surface area contributed by atoms with E-state index in [1.54, 1.807) is 19.2 Å². The molecule has 0 saturated heterocycles. The lowest BCUT2D eigenvalue weighted by atomic mass is 10.1. The highest BCUT2D eigenvalue weighted by molar-refractivity contribution is 6.30. The van der Waals surface area contributed by atoms with E-state index in [2.05, 4.69) is 5.32 Å². The van der Waals surface area contributed by atoms with Crippen molar-refractivity contribution in [3.8, 4) is 5.75 Å². The summed E-state index contributed by atoms with van der Waals surface area (Å²) < 4.78 is 32.9. The van der Waals surface area contributed by atoms with Gasteiger partial charge in [0, 0.05) is 28.3 Å². The van der Waals surface area contributed by atoms with E-state index in [1.807, 2.05) is 6.92 Å². The Morgan fingerprint density at radius 3 is 2.57 bits per heavy atom. The Morgan fingerprint density at radius 1 is 1.14 bits per heavy atom. The second-order valence-corrected chi connectivity index (χ2v) is 5.15. The molecule has 112 valence electrons. The first-order valence-electron chi connectivity index (χ1n) is 6.54. The predicted octanol–water partition coefficient (Wildman–Crippen LogP) is 4.48. The van der Waals surface area contributed by atoms with E-state index in [0.717, 1.165) is 0 Å². The average Bonchev–Trinajstić information content (AvgIpc) is 2.47. The van der Waals surface area contributed by atoms with Crippen LogP contribution in [0.4, 0.5) is 8.78 Å². The van der Waals surface area contributed by atoms with Gasteiger partial charge in [-0.05, 0) is 38.2 Å². The molecule has 0 aliphatic carbocycles. The molecule has 1 unspecified atom stereocenters. The Hall–Kier alpha value is -1.65. The summed E-state index contributed by atoms with van der Waals surface area (Å²) in [5.41, 5.74) is 0.884. The fourth-order valence-electron chi connectivity index (χ4n) is 1.92. The van der Waals surface area contributed by atoms with Gasteiger partial charge in [0.15, 0.2) is 0 Å². The van der Waals surface area contributed by atoms with Gasteiger partial charge < -0.3 is 10.1 Å². The zero-order valence-electron chi connectivity index (χ0n) is 11.8. The van der Waals surface area contributed by atoms with Gasteiger partial charge in [0.1, 0.15) is 24.0 Å². The van der Waals surface area contributed by atoms with Crippen LogP contribution in [-0.2, 0) is 6.61 Å². The zero-order valence-corrected chi connectivity index (χ0v) is 12.5. The molecule has 0 aliphatic rings. The molecule has 0 heterocycles. The Kier molecular flexibility index (Phi) is 5.15. The smallest absolute Gasteiger partial charge is 0.131 e. The number of benzene rings is 2. The van der Waals surface area contributed by atoms with E-state index in [1.165, 1.54) is 24.3 Å². The van der Waals surface area contributed by atoms with Crippen LogP contribution < -0.4 is 10.1 Å². The lowest BCUT2D eigenvalue weighted by Crippen LogP contribution is -2.13. The van der Waals surface area contributed by atoms with E-state index in [9.17, 15) is 8.78 Å². The molecule has 0 amide bonds. The maximum absolute atomic E-state index is 13.9. The van der Waals surface area contributed by atoms with E-state index in [0.29, 0.717) is 21.9 Å². The maximum atomic E-state index is 13.9. The first-order chi connectivity index (χ1) is 10.0. The molecule has 0 fully saturated rings. The van der Waals surface area contributed by atoms with Crippen molar-refractivity contribution in [2.24, 2.45) is 0 Å². The second-order valence-electron chi connectivity index (χ2n) is 4.72. The molecular weight excluding hydrogens is 296 g/mol. The summed E-state index contributed by atoms with van der Waals surface area (Å²) in [7, 11) is 1.76. The summed E-state index contributed by atoms with van der Waals surface area (Å²) in [4.78, 5) is 0. The van der Waals surface area contributed by atoms with Crippen LogP contribution >= 0.6 is 11.6 Å². The summed E-state index contributed by atoms with van der Waals surface area (Å²) in [5.74, 6) is -0.417. The molecule has 2 aromatic rings. The van der Waals surface area contributed by atoms with Gasteiger partial charge in [-0.25, -0.2) is 8.78 Å². The Morgan fingerprint density at radius 2 is 1.90 bits per heavy atom. The first kappa shape index (κ1) is 15.7. The van der Waals surface area contributed by atoms with Crippen LogP contribution in [0.5, 0.6) is 5.75 Å². The van der Waals surface area contributed by atoms with Crippen LogP contribution in [0.3, 0.4) is 0 Å². The molecule has 5 heteroatoms. The monoisotopic (exact) mass is 311 g/mol. The van der Waals surface area contributed by atoms with Crippen molar-refractivity contribution in [2.45, 2.75) is 19.6 Å². The van der Waals surface area contributed by atoms with Crippen molar-refractivity contribution < 1.29 is 13.5 Å². The predicted molar refractivity (Wildman–Crippen MR) is 79.6 cm³/mol. The standard InChI is InChI=1S/C16H16ClF2NO/c1-10(20-2)14-5-4-13(8-16(14)19)21-9-11-7-12(17)3-6-15(11)18/h3-8,10,20H,9H2,1-2H3. The summed E-state index contributed by atoms with van der Waals surface area (Å²) in [5, 5.41) is 3.40. The van der Waals surface area contributed by atoms with Gasteiger partial charge >= 0.3 is 0 Å². The minimum Gasteiger partial charge on any atom is -0.489 e. The lowest BCUT2D eigenvalue weighted by Gasteiger charge is -2.13. The number of rotatable bonds is 5. The summed E-state index contributed by atoms with van der Waals surface area (Å²) in [6.07, 6.45) is 0. The zero-order chi connectivity index (χ0) is 15.4. The highest BCUT2D eigenvalue weighted by Crippen LogP contribution is 2.23. The minimum atomic E-state index is -0.403. The fraction of sp³-hybridized carbons (Fsp3) is 0.250. The number of nitrogens with one attached hydrogen (secondary N) is 1. The van der Waals surface area contributed by atoms with Crippen molar-refractivity contribution in [3.05, 3.63) is 64.2 Å². The Balaban J connectivity index is 2.10. The molecule has 0 aliphatic heterocycles. The van der Waals surface area contributed by atoms with Crippen molar-refractivity contribution in [1.82, 2.24) is 5.32 Å². The number of hydrogen-bond acceptors (Lipinski definition) is 2. The van der Waals surface area contributed by atoms with Crippen LogP contribution in [0, 0.1) is 11.6 Å². The number of hydrogen-bond donors (Lipinski definition) is 1. The van der Waals surface area contributed by atoms with Crippen LogP contribution in [0.25, 0.3) is 0 Å². The molecule has 1 atom stereocenters. The lowest BCUT2D eigenvalue weighted by molar-refractivity contribution is 0.298. The molecule has 1 N–H and O–H groups in total. The summed E-state index contributed by atoms with van der Waals surface area (Å²) in [6, 6.07) is 8.75. The maximum Gasteiger partial charge on any atom is 0.131 e. The average molecular weight is 312 g/mol. The minimum absolute atomic E-state index is 0.00718. The van der Waals surface area contributed by atoms with Gasteiger partial charge in [-0.15, -0.1) is 0 Å². The normalized spacial score (nSPS) is 12.2. The first-order valence-corrected chi connectivity index (χ1v) is 6.92. The topological polar surface area (TPSA) is 21.3 Å². The van der Waals surface area contributed by atoms with Crippen LogP contribution in [0.1, 0.15) is 24.1 Å². The molecule has 21 heavy (non-hydrogen) atoms. The number of ether oxygens (including phenoxy) is 1. The van der Waals surface area contributed by atoms with Gasteiger partial charge in [0.05, 0.1) is 0 Å². The molecular formula is C16H16ClF2NO. The quantitative estimate of drug-likeness (QED) is 0.879. The van der Waals surface area contributed by atoms with Crippen LogP contribution in [0.2, 0.25) is 5.02 Å². The van der Waals surface area contributed by atoms with Crippen molar-refractivity contribution >= 4 is 11.6 Å². The molecule has 0 radical (unpaired) electrons. The molecule has 0 bridgehead atoms. The van der Waals surface area contributed by atoms with E-state index in [4.69, 9.17) is 16.3 Å². The largest absolute Gasteiger partial charge is 0.489 e. The van der Waals surface area contributed by atoms with Crippen molar-refractivity contribution in [3.63, 3.8) is 0 Å². The molecule has 2 aromatic carbocycles. The van der Waals surface area contributed by atoms with E-state index < -0.39 is 5.82 Å². The van der Waals surface area contributed by atoms with E-state index in [-0.39, 0.29) is 18.5 Å². The van der Waals surface area contributed by atoms with E-state index >= 15 is 0 Å². The summed E-state index contributed by atoms with van der Waals surface area (Å²) in [6.45, 7) is 1.85. The van der Waals surface area contributed by atoms with Crippen LogP contribution in [0.15, 0.2) is 36.4 Å². The second kappa shape index (κ2) is 6.87. The SMILES string of the molecule is CNC(C)c1ccc(OCc2cc(Cl)ccc2F)cc1F. The highest BCUT2D eigenvalue weighted by atomic mass is 35.5. The third-order valence-electron chi connectivity index (χ3n) is 3.27. The Bertz CT molecular complexity index is 634. The third kappa shape index (κ3) is 3.93. The molecule has 2 rings (SSSR count). The summed E-state index contributed by atoms with van der Waals surface area (Å²) >= 11 is 5.81. The number of halogens is 3. The van der Waals surface area contributed by atoms with Crippen molar-refractivity contribution in [2.75, 3.05) is 7.05 Å². The van der Waals surface area contributed by atoms with Gasteiger partial charge in [-0.2, -0.15) is 0 Å². The van der Waals surface area contributed by atoms with Gasteiger partial charge in [0.25, 0.3) is 0 Å².